The Morgan fingerprint density at radius 3 is 2.74 bits per heavy atom. The fraction of sp³-hybridized carbons (Fsp3) is 0.111. The van der Waals surface area contributed by atoms with Gasteiger partial charge in [0.15, 0.2) is 10.6 Å². The number of benzene rings is 2. The second-order valence-corrected chi connectivity index (χ2v) is 9.02. The van der Waals surface area contributed by atoms with Gasteiger partial charge in [0.2, 0.25) is 15.9 Å². The van der Waals surface area contributed by atoms with Gasteiger partial charge in [-0.2, -0.15) is 4.37 Å². The molecule has 2 aromatic heterocycles. The highest BCUT2D eigenvalue weighted by Gasteiger charge is 2.17. The molecular weight excluding hydrogens is 442 g/mol. The quantitative estimate of drug-likeness (QED) is 0.304. The predicted molar refractivity (Wildman–Crippen MR) is 118 cm³/mol. The van der Waals surface area contributed by atoms with Crippen LogP contribution in [0.25, 0.3) is 21.8 Å². The van der Waals surface area contributed by atoms with Crippen molar-refractivity contribution in [2.75, 3.05) is 16.3 Å². The normalized spacial score (nSPS) is 11.9. The van der Waals surface area contributed by atoms with Crippen LogP contribution in [-0.2, 0) is 14.8 Å². The molecule has 0 atom stereocenters. The predicted octanol–water partition coefficient (Wildman–Crippen LogP) is 3.69. The summed E-state index contributed by atoms with van der Waals surface area (Å²) in [7, 11) is -3.61. The second-order valence-electron chi connectivity index (χ2n) is 6.52. The first kappa shape index (κ1) is 20.6. The number of fused-ring (bicyclic) bond motifs is 2. The lowest BCUT2D eigenvalue weighted by Gasteiger charge is -2.14. The summed E-state index contributed by atoms with van der Waals surface area (Å²) >= 11 is 1.08. The van der Waals surface area contributed by atoms with Crippen molar-refractivity contribution in [3.63, 3.8) is 0 Å². The van der Waals surface area contributed by atoms with Crippen molar-refractivity contribution in [3.05, 3.63) is 36.8 Å². The highest BCUT2D eigenvalue weighted by Crippen LogP contribution is 2.44. The first-order valence-electron chi connectivity index (χ1n) is 8.74. The Kier molecular flexibility index (Phi) is 5.20. The highest BCUT2D eigenvalue weighted by atomic mass is 32.2. The van der Waals surface area contributed by atoms with Crippen LogP contribution >= 0.6 is 11.5 Å². The Balaban J connectivity index is 1.94. The maximum Gasteiger partial charge on any atom is 0.229 e. The number of azo groups is 1. The molecule has 0 aliphatic heterocycles. The molecule has 4 rings (SSSR count). The van der Waals surface area contributed by atoms with Crippen molar-refractivity contribution in [1.82, 2.24) is 14.3 Å². The van der Waals surface area contributed by atoms with Crippen LogP contribution in [0.5, 0.6) is 5.75 Å². The molecule has 31 heavy (non-hydrogen) atoms. The van der Waals surface area contributed by atoms with Crippen LogP contribution in [0.4, 0.5) is 22.1 Å². The van der Waals surface area contributed by atoms with Crippen LogP contribution in [0.2, 0.25) is 0 Å². The van der Waals surface area contributed by atoms with Gasteiger partial charge in [-0.1, -0.05) is 12.1 Å². The van der Waals surface area contributed by atoms with E-state index in [0.29, 0.717) is 21.4 Å². The Labute approximate surface area is 180 Å². The van der Waals surface area contributed by atoms with Crippen molar-refractivity contribution >= 4 is 71.3 Å². The number of phenols is 1. The van der Waals surface area contributed by atoms with Gasteiger partial charge in [-0.15, -0.1) is 10.2 Å². The average molecular weight is 457 g/mol. The van der Waals surface area contributed by atoms with Gasteiger partial charge in [-0.3, -0.25) is 9.52 Å². The molecule has 0 aliphatic carbocycles. The van der Waals surface area contributed by atoms with Crippen molar-refractivity contribution in [3.8, 4) is 5.75 Å². The lowest BCUT2D eigenvalue weighted by Crippen LogP contribution is -2.10. The van der Waals surface area contributed by atoms with Crippen LogP contribution in [0.3, 0.4) is 0 Å². The summed E-state index contributed by atoms with van der Waals surface area (Å²) in [6.07, 6.45) is 3.95. The molecule has 2 aromatic carbocycles. The van der Waals surface area contributed by atoms with E-state index in [4.69, 9.17) is 0 Å². The number of hydrogen-bond acceptors (Lipinski definition) is 10. The van der Waals surface area contributed by atoms with Gasteiger partial charge in [-0.25, -0.2) is 18.4 Å². The molecule has 0 unspecified atom stereocenters. The number of anilines is 2. The zero-order valence-corrected chi connectivity index (χ0v) is 17.8. The van der Waals surface area contributed by atoms with E-state index in [1.807, 2.05) is 0 Å². The molecule has 3 N–H and O–H groups in total. The number of phenolic OH excluding ortho intramolecular Hbond substituents is 1. The van der Waals surface area contributed by atoms with Gasteiger partial charge in [0.25, 0.3) is 0 Å². The zero-order chi connectivity index (χ0) is 22.2. The van der Waals surface area contributed by atoms with Crippen LogP contribution in [0.15, 0.2) is 47.0 Å². The number of carbonyl (C=O) groups is 1. The first-order valence-corrected chi connectivity index (χ1v) is 11.4. The largest absolute Gasteiger partial charge is 0.505 e. The number of sulfonamides is 1. The molecule has 158 valence electrons. The number of aromatic nitrogens is 3. The number of nitrogens with zero attached hydrogens (tertiary/aromatic N) is 5. The molecular formula is C18H15N7O4S2. The number of nitrogens with one attached hydrogen (secondary N) is 2. The van der Waals surface area contributed by atoms with Gasteiger partial charge >= 0.3 is 0 Å². The van der Waals surface area contributed by atoms with E-state index in [-0.39, 0.29) is 28.2 Å². The molecule has 0 bridgehead atoms. The molecule has 0 spiro atoms. The maximum absolute atomic E-state index is 11.8. The smallest absolute Gasteiger partial charge is 0.229 e. The molecule has 1 amide bonds. The molecule has 2 heterocycles. The summed E-state index contributed by atoms with van der Waals surface area (Å²) in [5.41, 5.74) is 1.02. The summed E-state index contributed by atoms with van der Waals surface area (Å²) in [5.74, 6) is -0.619. The number of aromatic hydroxyl groups is 1. The fourth-order valence-electron chi connectivity index (χ4n) is 2.95. The summed E-state index contributed by atoms with van der Waals surface area (Å²) in [6, 6.07) is 6.10. The fourth-order valence-corrected chi connectivity index (χ4v) is 4.16. The lowest BCUT2D eigenvalue weighted by atomic mass is 10.0. The summed E-state index contributed by atoms with van der Waals surface area (Å²) in [4.78, 5) is 19.6. The molecule has 0 saturated carbocycles. The van der Waals surface area contributed by atoms with Crippen LogP contribution in [0, 0.1) is 0 Å². The van der Waals surface area contributed by atoms with Gasteiger partial charge in [0, 0.05) is 23.9 Å². The molecule has 0 radical (unpaired) electrons. The number of hydrogen-bond donors (Lipinski definition) is 3. The van der Waals surface area contributed by atoms with Crippen molar-refractivity contribution < 1.29 is 18.3 Å². The minimum Gasteiger partial charge on any atom is -0.505 e. The summed E-state index contributed by atoms with van der Waals surface area (Å²) in [5, 5.41) is 23.3. The van der Waals surface area contributed by atoms with Gasteiger partial charge in [-0.05, 0) is 23.7 Å². The zero-order valence-electron chi connectivity index (χ0n) is 16.2. The maximum atomic E-state index is 11.8. The molecule has 11 nitrogen and oxygen atoms in total. The number of amides is 1. The van der Waals surface area contributed by atoms with E-state index in [0.717, 1.165) is 17.8 Å². The van der Waals surface area contributed by atoms with E-state index < -0.39 is 15.9 Å². The molecule has 0 fully saturated rings. The second kappa shape index (κ2) is 7.85. The summed E-state index contributed by atoms with van der Waals surface area (Å²) in [6.45, 7) is 1.30. The number of rotatable bonds is 5. The number of carbonyl (C=O) groups excluding carboxylic acids is 1. The topological polar surface area (TPSA) is 159 Å². The van der Waals surface area contributed by atoms with E-state index in [2.05, 4.69) is 34.6 Å². The molecule has 0 saturated heterocycles. The van der Waals surface area contributed by atoms with Gasteiger partial charge in [0.1, 0.15) is 12.1 Å². The highest BCUT2D eigenvalue weighted by molar-refractivity contribution is 7.92. The standard InChI is InChI=1S/C18H15N7O4S2/c1-9(26)21-14-6-13(22-23-18-11-7-19-8-20-17(11)24-30-18)15-10(16(14)27)4-3-5-12(15)25-31(2,28)29/h3-8,25,27H,1-2H3,(H,21,26)/b23-22+. The van der Waals surface area contributed by atoms with E-state index >= 15 is 0 Å². The minimum absolute atomic E-state index is 0.114. The monoisotopic (exact) mass is 457 g/mol. The Hall–Kier alpha value is -3.71. The Morgan fingerprint density at radius 2 is 2.00 bits per heavy atom. The minimum atomic E-state index is -3.61. The van der Waals surface area contributed by atoms with Crippen molar-refractivity contribution in [2.24, 2.45) is 10.2 Å². The van der Waals surface area contributed by atoms with Gasteiger partial charge in [0.05, 0.1) is 28.7 Å². The third-order valence-corrected chi connectivity index (χ3v) is 5.44. The van der Waals surface area contributed by atoms with E-state index in [1.165, 1.54) is 25.4 Å². The lowest BCUT2D eigenvalue weighted by molar-refractivity contribution is -0.114. The van der Waals surface area contributed by atoms with Gasteiger partial charge < -0.3 is 10.4 Å². The van der Waals surface area contributed by atoms with Crippen LogP contribution in [0.1, 0.15) is 6.92 Å². The Bertz CT molecular complexity index is 1460. The molecule has 4 aromatic rings. The molecule has 13 heteroatoms. The third kappa shape index (κ3) is 4.27. The SMILES string of the molecule is CC(=O)Nc1cc(/N=N/c2snc3ncncc23)c2c(NS(C)(=O)=O)cccc2c1O. The Morgan fingerprint density at radius 1 is 1.19 bits per heavy atom. The van der Waals surface area contributed by atoms with Crippen molar-refractivity contribution in [1.29, 1.82) is 0 Å². The average Bonchev–Trinajstić information content (AvgIpc) is 3.11. The van der Waals surface area contributed by atoms with Crippen LogP contribution < -0.4 is 10.0 Å². The van der Waals surface area contributed by atoms with Crippen LogP contribution in [-0.4, -0.2) is 40.0 Å². The first-order chi connectivity index (χ1) is 14.7. The molecule has 0 aliphatic rings. The van der Waals surface area contributed by atoms with E-state index in [1.54, 1.807) is 18.3 Å². The van der Waals surface area contributed by atoms with Crippen molar-refractivity contribution in [2.45, 2.75) is 6.92 Å². The summed E-state index contributed by atoms with van der Waals surface area (Å²) < 4.78 is 30.3. The van der Waals surface area contributed by atoms with E-state index in [9.17, 15) is 18.3 Å². The third-order valence-electron chi connectivity index (χ3n) is 4.11.